The van der Waals surface area contributed by atoms with Crippen LogP contribution >= 0.6 is 0 Å². The van der Waals surface area contributed by atoms with Gasteiger partial charge < -0.3 is 0 Å². The van der Waals surface area contributed by atoms with E-state index in [2.05, 4.69) is 19.1 Å². The quantitative estimate of drug-likeness (QED) is 0.546. The first kappa shape index (κ1) is 8.97. The molecular weight excluding hydrogens is 122 g/mol. The third kappa shape index (κ3) is 5.11. The summed E-state index contributed by atoms with van der Waals surface area (Å²) in [6, 6.07) is 2.12. The van der Waals surface area contributed by atoms with Gasteiger partial charge in [-0.05, 0) is 13.3 Å². The van der Waals surface area contributed by atoms with E-state index in [-0.39, 0.29) is 5.92 Å². The molecule has 0 bridgehead atoms. The summed E-state index contributed by atoms with van der Waals surface area (Å²) in [4.78, 5) is 0. The van der Waals surface area contributed by atoms with E-state index >= 15 is 0 Å². The van der Waals surface area contributed by atoms with Crippen molar-refractivity contribution in [3.63, 3.8) is 0 Å². The topological polar surface area (TPSA) is 23.8 Å². The lowest BCUT2D eigenvalue weighted by molar-refractivity contribution is 0.956. The second-order valence-corrected chi connectivity index (χ2v) is 2.14. The highest BCUT2D eigenvalue weighted by Gasteiger charge is 1.86. The van der Waals surface area contributed by atoms with E-state index in [1.54, 1.807) is 0 Å². The number of hydrogen-bond donors (Lipinski definition) is 0. The maximum atomic E-state index is 8.37. The van der Waals surface area contributed by atoms with Crippen molar-refractivity contribution >= 4 is 0 Å². The van der Waals surface area contributed by atoms with Crippen molar-refractivity contribution in [2.24, 2.45) is 5.92 Å². The minimum atomic E-state index is 0.0292. The average molecular weight is 135 g/mol. The Bertz CT molecular complexity index is 160. The molecule has 0 aliphatic carbocycles. The lowest BCUT2D eigenvalue weighted by atomic mass is 10.2. The molecule has 0 rings (SSSR count). The van der Waals surface area contributed by atoms with E-state index in [4.69, 9.17) is 5.26 Å². The average Bonchev–Trinajstić information content (AvgIpc) is 1.98. The van der Waals surface area contributed by atoms with Crippen LogP contribution in [-0.4, -0.2) is 0 Å². The summed E-state index contributed by atoms with van der Waals surface area (Å²) in [6.45, 7) is 3.95. The van der Waals surface area contributed by atoms with E-state index < -0.39 is 0 Å². The monoisotopic (exact) mass is 135 g/mol. The van der Waals surface area contributed by atoms with Gasteiger partial charge in [0.25, 0.3) is 0 Å². The highest BCUT2D eigenvalue weighted by molar-refractivity contribution is 5.07. The van der Waals surface area contributed by atoms with E-state index in [0.29, 0.717) is 0 Å². The molecule has 0 aromatic carbocycles. The van der Waals surface area contributed by atoms with Gasteiger partial charge in [-0.15, -0.1) is 0 Å². The Balaban J connectivity index is 3.57. The summed E-state index contributed by atoms with van der Waals surface area (Å²) in [5.41, 5.74) is 0. The van der Waals surface area contributed by atoms with Crippen molar-refractivity contribution in [1.82, 2.24) is 0 Å². The molecule has 0 aliphatic rings. The summed E-state index contributed by atoms with van der Waals surface area (Å²) in [6.07, 6.45) is 8.86. The Morgan fingerprint density at radius 2 is 2.20 bits per heavy atom. The highest BCUT2D eigenvalue weighted by atomic mass is 14.2. The van der Waals surface area contributed by atoms with Gasteiger partial charge in [0.2, 0.25) is 0 Å². The van der Waals surface area contributed by atoms with Gasteiger partial charge >= 0.3 is 0 Å². The second-order valence-electron chi connectivity index (χ2n) is 2.14. The Labute approximate surface area is 62.7 Å². The van der Waals surface area contributed by atoms with Crippen LogP contribution in [0.4, 0.5) is 0 Å². The number of nitriles is 1. The van der Waals surface area contributed by atoms with Crippen molar-refractivity contribution in [2.45, 2.75) is 20.3 Å². The van der Waals surface area contributed by atoms with Crippen LogP contribution in [-0.2, 0) is 0 Å². The third-order valence-corrected chi connectivity index (χ3v) is 1.09. The summed E-state index contributed by atoms with van der Waals surface area (Å²) in [5.74, 6) is 0.0292. The predicted octanol–water partition coefficient (Wildman–Crippen LogP) is 2.67. The first-order chi connectivity index (χ1) is 4.81. The van der Waals surface area contributed by atoms with Crippen molar-refractivity contribution in [3.05, 3.63) is 24.3 Å². The van der Waals surface area contributed by atoms with Crippen molar-refractivity contribution < 1.29 is 0 Å². The number of rotatable bonds is 3. The van der Waals surface area contributed by atoms with Crippen molar-refractivity contribution in [3.8, 4) is 6.07 Å². The van der Waals surface area contributed by atoms with Gasteiger partial charge in [0.05, 0.1) is 12.0 Å². The number of allylic oxidation sites excluding steroid dienone is 4. The van der Waals surface area contributed by atoms with Gasteiger partial charge in [0, 0.05) is 0 Å². The minimum absolute atomic E-state index is 0.0292. The molecule has 0 aromatic heterocycles. The van der Waals surface area contributed by atoms with Crippen LogP contribution < -0.4 is 0 Å². The minimum Gasteiger partial charge on any atom is -0.198 e. The van der Waals surface area contributed by atoms with Crippen LogP contribution in [0.3, 0.4) is 0 Å². The third-order valence-electron chi connectivity index (χ3n) is 1.09. The van der Waals surface area contributed by atoms with E-state index in [1.165, 1.54) is 0 Å². The second kappa shape index (κ2) is 6.10. The fourth-order valence-electron chi connectivity index (χ4n) is 0.489. The number of hydrogen-bond acceptors (Lipinski definition) is 1. The Morgan fingerprint density at radius 1 is 1.50 bits per heavy atom. The molecule has 0 aliphatic heterocycles. The molecule has 10 heavy (non-hydrogen) atoms. The molecular formula is C9H13N. The molecule has 0 heterocycles. The smallest absolute Gasteiger partial charge is 0.0694 e. The molecule has 1 heteroatoms. The Hall–Kier alpha value is -1.03. The molecule has 1 atom stereocenters. The van der Waals surface area contributed by atoms with Crippen molar-refractivity contribution in [1.29, 1.82) is 5.26 Å². The molecule has 54 valence electrons. The van der Waals surface area contributed by atoms with Crippen LogP contribution in [0.1, 0.15) is 20.3 Å². The van der Waals surface area contributed by atoms with Gasteiger partial charge in [-0.25, -0.2) is 0 Å². The maximum Gasteiger partial charge on any atom is 0.0694 e. The van der Waals surface area contributed by atoms with Crippen LogP contribution in [0.25, 0.3) is 0 Å². The molecule has 0 radical (unpaired) electrons. The van der Waals surface area contributed by atoms with E-state index in [1.807, 2.05) is 25.2 Å². The molecule has 0 fully saturated rings. The summed E-state index contributed by atoms with van der Waals surface area (Å²) in [7, 11) is 0. The first-order valence-electron chi connectivity index (χ1n) is 3.54. The van der Waals surface area contributed by atoms with Gasteiger partial charge in [-0.3, -0.25) is 0 Å². The predicted molar refractivity (Wildman–Crippen MR) is 43.3 cm³/mol. The SMILES string of the molecule is CC/C=C\C=C/C(C)C#N. The van der Waals surface area contributed by atoms with E-state index in [0.717, 1.165) is 6.42 Å². The largest absolute Gasteiger partial charge is 0.198 e. The number of nitrogens with zero attached hydrogens (tertiary/aromatic N) is 1. The molecule has 0 spiro atoms. The van der Waals surface area contributed by atoms with Gasteiger partial charge in [-0.1, -0.05) is 31.2 Å². The summed E-state index contributed by atoms with van der Waals surface area (Å²) >= 11 is 0. The fraction of sp³-hybridized carbons (Fsp3) is 0.444. The van der Waals surface area contributed by atoms with E-state index in [9.17, 15) is 0 Å². The van der Waals surface area contributed by atoms with Crippen LogP contribution in [0.15, 0.2) is 24.3 Å². The lowest BCUT2D eigenvalue weighted by Gasteiger charge is -1.85. The zero-order valence-electron chi connectivity index (χ0n) is 6.54. The maximum absolute atomic E-state index is 8.37. The molecule has 0 aromatic rings. The highest BCUT2D eigenvalue weighted by Crippen LogP contribution is 1.93. The zero-order chi connectivity index (χ0) is 7.82. The fourth-order valence-corrected chi connectivity index (χ4v) is 0.489. The van der Waals surface area contributed by atoms with Gasteiger partial charge in [-0.2, -0.15) is 5.26 Å². The first-order valence-corrected chi connectivity index (χ1v) is 3.54. The van der Waals surface area contributed by atoms with Crippen LogP contribution in [0, 0.1) is 17.2 Å². The normalized spacial score (nSPS) is 14.1. The molecule has 1 unspecified atom stereocenters. The summed E-state index contributed by atoms with van der Waals surface area (Å²) in [5, 5.41) is 8.37. The molecule has 0 amide bonds. The molecule has 0 saturated heterocycles. The van der Waals surface area contributed by atoms with Gasteiger partial charge in [0.15, 0.2) is 0 Å². The Morgan fingerprint density at radius 3 is 2.70 bits per heavy atom. The van der Waals surface area contributed by atoms with Crippen molar-refractivity contribution in [2.75, 3.05) is 0 Å². The van der Waals surface area contributed by atoms with Crippen LogP contribution in [0.5, 0.6) is 0 Å². The van der Waals surface area contributed by atoms with Crippen LogP contribution in [0.2, 0.25) is 0 Å². The van der Waals surface area contributed by atoms with Gasteiger partial charge in [0.1, 0.15) is 0 Å². The standard InChI is InChI=1S/C9H13N/c1-3-4-5-6-7-9(2)8-10/h4-7,9H,3H2,1-2H3/b5-4-,7-6-. The lowest BCUT2D eigenvalue weighted by Crippen LogP contribution is -1.78. The Kier molecular flexibility index (Phi) is 5.47. The summed E-state index contributed by atoms with van der Waals surface area (Å²) < 4.78 is 0. The molecule has 0 N–H and O–H groups in total. The molecule has 1 nitrogen and oxygen atoms in total. The zero-order valence-corrected chi connectivity index (χ0v) is 6.54. The molecule has 0 saturated carbocycles.